The molecule has 0 bridgehead atoms. The maximum atomic E-state index is 11.9. The quantitative estimate of drug-likeness (QED) is 0.783. The summed E-state index contributed by atoms with van der Waals surface area (Å²) in [6.07, 6.45) is 1.27. The average molecular weight is 272 g/mol. The summed E-state index contributed by atoms with van der Waals surface area (Å²) in [5, 5.41) is 0. The van der Waals surface area contributed by atoms with Crippen molar-refractivity contribution < 1.29 is 14.3 Å². The monoisotopic (exact) mass is 272 g/mol. The van der Waals surface area contributed by atoms with Crippen LogP contribution in [0.3, 0.4) is 0 Å². The Hall–Kier alpha value is -2.43. The predicted molar refractivity (Wildman–Crippen MR) is 73.4 cm³/mol. The van der Waals surface area contributed by atoms with Gasteiger partial charge in [0.25, 0.3) is 0 Å². The molecule has 0 aliphatic carbocycles. The molecule has 1 heterocycles. The van der Waals surface area contributed by atoms with Crippen LogP contribution in [-0.2, 0) is 11.3 Å². The van der Waals surface area contributed by atoms with Gasteiger partial charge in [0.05, 0.1) is 6.10 Å². The predicted octanol–water partition coefficient (Wildman–Crippen LogP) is 2.62. The molecule has 1 aromatic carbocycles. The zero-order valence-electron chi connectivity index (χ0n) is 11.4. The molecule has 0 radical (unpaired) electrons. The van der Waals surface area contributed by atoms with Crippen LogP contribution in [-0.4, -0.2) is 22.0 Å². The van der Waals surface area contributed by atoms with E-state index in [1.807, 2.05) is 44.2 Å². The molecular formula is C15H16N2O3. The van der Waals surface area contributed by atoms with Crippen molar-refractivity contribution >= 4 is 5.97 Å². The highest BCUT2D eigenvalue weighted by Crippen LogP contribution is 2.11. The van der Waals surface area contributed by atoms with Crippen LogP contribution < -0.4 is 4.74 Å². The lowest BCUT2D eigenvalue weighted by Gasteiger charge is -2.09. The van der Waals surface area contributed by atoms with E-state index in [0.717, 1.165) is 5.56 Å². The van der Waals surface area contributed by atoms with Crippen molar-refractivity contribution in [2.75, 3.05) is 0 Å². The van der Waals surface area contributed by atoms with Gasteiger partial charge in [-0.15, -0.1) is 0 Å². The fraction of sp³-hybridized carbons (Fsp3) is 0.267. The Kier molecular flexibility index (Phi) is 4.65. The van der Waals surface area contributed by atoms with Crippen LogP contribution in [0.5, 0.6) is 5.88 Å². The minimum Gasteiger partial charge on any atom is -0.475 e. The maximum Gasteiger partial charge on any atom is 0.357 e. The molecule has 0 spiro atoms. The van der Waals surface area contributed by atoms with E-state index < -0.39 is 5.97 Å². The van der Waals surface area contributed by atoms with E-state index in [1.54, 1.807) is 0 Å². The second-order valence-electron chi connectivity index (χ2n) is 4.47. The second-order valence-corrected chi connectivity index (χ2v) is 4.47. The van der Waals surface area contributed by atoms with Crippen LogP contribution in [0.2, 0.25) is 0 Å². The first-order valence-electron chi connectivity index (χ1n) is 6.35. The number of hydrogen-bond donors (Lipinski definition) is 0. The van der Waals surface area contributed by atoms with Crippen molar-refractivity contribution in [3.05, 3.63) is 54.0 Å². The van der Waals surface area contributed by atoms with Crippen LogP contribution in [0.4, 0.5) is 0 Å². The first-order valence-corrected chi connectivity index (χ1v) is 6.35. The zero-order valence-corrected chi connectivity index (χ0v) is 11.4. The normalized spacial score (nSPS) is 10.3. The Morgan fingerprint density at radius 1 is 1.20 bits per heavy atom. The van der Waals surface area contributed by atoms with Crippen LogP contribution in [0, 0.1) is 0 Å². The molecule has 20 heavy (non-hydrogen) atoms. The highest BCUT2D eigenvalue weighted by Gasteiger charge is 2.11. The van der Waals surface area contributed by atoms with Gasteiger partial charge in [-0.05, 0) is 19.4 Å². The number of rotatable bonds is 5. The molecule has 0 fully saturated rings. The molecule has 0 atom stereocenters. The molecule has 5 heteroatoms. The van der Waals surface area contributed by atoms with Crippen LogP contribution in [0.1, 0.15) is 29.9 Å². The van der Waals surface area contributed by atoms with Crippen molar-refractivity contribution in [3.63, 3.8) is 0 Å². The fourth-order valence-electron chi connectivity index (χ4n) is 1.55. The van der Waals surface area contributed by atoms with Crippen molar-refractivity contribution in [2.45, 2.75) is 26.6 Å². The molecule has 0 aliphatic heterocycles. The highest BCUT2D eigenvalue weighted by atomic mass is 16.5. The van der Waals surface area contributed by atoms with Crippen molar-refractivity contribution in [1.29, 1.82) is 0 Å². The second kappa shape index (κ2) is 6.65. The molecule has 2 rings (SSSR count). The molecule has 0 amide bonds. The molecule has 1 aromatic heterocycles. The third-order valence-electron chi connectivity index (χ3n) is 2.42. The van der Waals surface area contributed by atoms with Crippen LogP contribution in [0.15, 0.2) is 42.7 Å². The molecule has 0 saturated carbocycles. The smallest absolute Gasteiger partial charge is 0.357 e. The Morgan fingerprint density at radius 3 is 2.65 bits per heavy atom. The van der Waals surface area contributed by atoms with E-state index >= 15 is 0 Å². The lowest BCUT2D eigenvalue weighted by molar-refractivity contribution is 0.0464. The standard InChI is InChI=1S/C15H16N2O3/c1-11(2)20-14-8-13(16-10-17-14)15(18)19-9-12-6-4-3-5-7-12/h3-8,10-11H,9H2,1-2H3. The van der Waals surface area contributed by atoms with E-state index in [4.69, 9.17) is 9.47 Å². The highest BCUT2D eigenvalue weighted by molar-refractivity contribution is 5.87. The van der Waals surface area contributed by atoms with Gasteiger partial charge in [0.1, 0.15) is 12.9 Å². The van der Waals surface area contributed by atoms with E-state index in [0.29, 0.717) is 5.88 Å². The first-order chi connectivity index (χ1) is 9.65. The summed E-state index contributed by atoms with van der Waals surface area (Å²) in [5.41, 5.74) is 1.11. The van der Waals surface area contributed by atoms with E-state index in [1.165, 1.54) is 12.4 Å². The third-order valence-corrected chi connectivity index (χ3v) is 2.42. The summed E-state index contributed by atoms with van der Waals surface area (Å²) in [6.45, 7) is 3.98. The van der Waals surface area contributed by atoms with Gasteiger partial charge in [-0.3, -0.25) is 0 Å². The largest absolute Gasteiger partial charge is 0.475 e. The Labute approximate surface area is 117 Å². The SMILES string of the molecule is CC(C)Oc1cc(C(=O)OCc2ccccc2)ncn1. The molecule has 104 valence electrons. The minimum absolute atomic E-state index is 0.0157. The number of carbonyl (C=O) groups excluding carboxylic acids is 1. The van der Waals surface area contributed by atoms with Crippen LogP contribution in [0.25, 0.3) is 0 Å². The Bertz CT molecular complexity index is 570. The van der Waals surface area contributed by atoms with Gasteiger partial charge in [-0.25, -0.2) is 14.8 Å². The van der Waals surface area contributed by atoms with Gasteiger partial charge >= 0.3 is 5.97 Å². The van der Waals surface area contributed by atoms with E-state index in [-0.39, 0.29) is 18.4 Å². The zero-order chi connectivity index (χ0) is 14.4. The third kappa shape index (κ3) is 4.05. The average Bonchev–Trinajstić information content (AvgIpc) is 2.45. The van der Waals surface area contributed by atoms with Gasteiger partial charge in [0.2, 0.25) is 5.88 Å². The summed E-state index contributed by atoms with van der Waals surface area (Å²) >= 11 is 0. The fourth-order valence-corrected chi connectivity index (χ4v) is 1.55. The number of benzene rings is 1. The summed E-state index contributed by atoms with van der Waals surface area (Å²) in [5.74, 6) is -0.133. The van der Waals surface area contributed by atoms with Gasteiger partial charge in [-0.1, -0.05) is 30.3 Å². The summed E-state index contributed by atoms with van der Waals surface area (Å²) in [6, 6.07) is 10.9. The van der Waals surface area contributed by atoms with Crippen molar-refractivity contribution in [2.24, 2.45) is 0 Å². The van der Waals surface area contributed by atoms with Crippen LogP contribution >= 0.6 is 0 Å². The van der Waals surface area contributed by atoms with Crippen molar-refractivity contribution in [1.82, 2.24) is 9.97 Å². The number of esters is 1. The summed E-state index contributed by atoms with van der Waals surface area (Å²) in [7, 11) is 0. The lowest BCUT2D eigenvalue weighted by Crippen LogP contribution is -2.11. The molecule has 2 aromatic rings. The Morgan fingerprint density at radius 2 is 1.95 bits per heavy atom. The number of nitrogens with zero attached hydrogens (tertiary/aromatic N) is 2. The molecule has 0 aliphatic rings. The lowest BCUT2D eigenvalue weighted by atomic mass is 10.2. The molecule has 0 saturated heterocycles. The summed E-state index contributed by atoms with van der Waals surface area (Å²) < 4.78 is 10.6. The molecule has 0 N–H and O–H groups in total. The van der Waals surface area contributed by atoms with Gasteiger partial charge < -0.3 is 9.47 Å². The number of carbonyl (C=O) groups is 1. The minimum atomic E-state index is -0.496. The number of hydrogen-bond acceptors (Lipinski definition) is 5. The van der Waals surface area contributed by atoms with E-state index in [9.17, 15) is 4.79 Å². The summed E-state index contributed by atoms with van der Waals surface area (Å²) in [4.78, 5) is 19.7. The molecular weight excluding hydrogens is 256 g/mol. The van der Waals surface area contributed by atoms with Gasteiger partial charge in [0.15, 0.2) is 5.69 Å². The molecule has 5 nitrogen and oxygen atoms in total. The van der Waals surface area contributed by atoms with Gasteiger partial charge in [-0.2, -0.15) is 0 Å². The van der Waals surface area contributed by atoms with Gasteiger partial charge in [0, 0.05) is 6.07 Å². The topological polar surface area (TPSA) is 61.3 Å². The number of aromatic nitrogens is 2. The number of ether oxygens (including phenoxy) is 2. The Balaban J connectivity index is 1.98. The maximum absolute atomic E-state index is 11.9. The molecule has 0 unspecified atom stereocenters. The van der Waals surface area contributed by atoms with E-state index in [2.05, 4.69) is 9.97 Å². The first kappa shape index (κ1) is 14.0. The van der Waals surface area contributed by atoms with Crippen molar-refractivity contribution in [3.8, 4) is 5.88 Å².